The molecule has 1 aliphatic heterocycles. The van der Waals surface area contributed by atoms with Crippen molar-refractivity contribution in [2.45, 2.75) is 46.7 Å². The number of amides is 2. The molecule has 2 amide bonds. The number of para-hydroxylation sites is 1. The Morgan fingerprint density at radius 3 is 2.57 bits per heavy atom. The van der Waals surface area contributed by atoms with Crippen LogP contribution in [0.4, 0.5) is 5.69 Å². The van der Waals surface area contributed by atoms with Crippen LogP contribution in [0, 0.1) is 12.8 Å². The zero-order valence-electron chi connectivity index (χ0n) is 22.6. The molecule has 0 atom stereocenters. The number of carbonyl (C=O) groups excluding carboxylic acids is 2. The Bertz CT molecular complexity index is 1220. The molecule has 0 saturated heterocycles. The van der Waals surface area contributed by atoms with Crippen molar-refractivity contribution in [2.24, 2.45) is 5.92 Å². The SMILES string of the molecule is Cc1nccn1Cc1cccc(C(=O)N2CCN(C)CCCN(C(=O)CC(C)C)c3ccccc3C2)c1. The Labute approximate surface area is 220 Å². The van der Waals surface area contributed by atoms with Gasteiger partial charge in [-0.25, -0.2) is 4.98 Å². The van der Waals surface area contributed by atoms with Crippen LogP contribution in [-0.4, -0.2) is 64.4 Å². The maximum atomic E-state index is 13.9. The molecule has 3 aromatic rings. The Hall–Kier alpha value is -3.45. The number of aryl methyl sites for hydroxylation is 1. The largest absolute Gasteiger partial charge is 0.333 e. The Balaban J connectivity index is 1.63. The van der Waals surface area contributed by atoms with Gasteiger partial charge < -0.3 is 19.3 Å². The number of nitrogens with zero attached hydrogens (tertiary/aromatic N) is 5. The van der Waals surface area contributed by atoms with Crippen LogP contribution in [0.25, 0.3) is 0 Å². The molecule has 7 nitrogen and oxygen atoms in total. The molecule has 1 aliphatic rings. The minimum atomic E-state index is 0.00621. The van der Waals surface area contributed by atoms with Crippen LogP contribution in [-0.2, 0) is 17.9 Å². The van der Waals surface area contributed by atoms with E-state index in [2.05, 4.69) is 35.3 Å². The predicted octanol–water partition coefficient (Wildman–Crippen LogP) is 4.60. The quantitative estimate of drug-likeness (QED) is 0.513. The van der Waals surface area contributed by atoms with E-state index in [9.17, 15) is 9.59 Å². The molecule has 1 aromatic heterocycles. The van der Waals surface area contributed by atoms with Gasteiger partial charge >= 0.3 is 0 Å². The van der Waals surface area contributed by atoms with E-state index >= 15 is 0 Å². The van der Waals surface area contributed by atoms with Gasteiger partial charge in [-0.15, -0.1) is 0 Å². The maximum absolute atomic E-state index is 13.9. The average Bonchev–Trinajstić information content (AvgIpc) is 3.26. The smallest absolute Gasteiger partial charge is 0.254 e. The van der Waals surface area contributed by atoms with Gasteiger partial charge in [0.05, 0.1) is 0 Å². The van der Waals surface area contributed by atoms with E-state index in [0.717, 1.165) is 42.1 Å². The number of imidazole rings is 1. The fraction of sp³-hybridized carbons (Fsp3) is 0.433. The van der Waals surface area contributed by atoms with Crippen LogP contribution in [0.2, 0.25) is 0 Å². The molecular formula is C30H39N5O2. The molecule has 0 spiro atoms. The normalized spacial score (nSPS) is 15.4. The second-order valence-corrected chi connectivity index (χ2v) is 10.5. The molecule has 37 heavy (non-hydrogen) atoms. The molecule has 196 valence electrons. The van der Waals surface area contributed by atoms with E-state index in [0.29, 0.717) is 38.2 Å². The Morgan fingerprint density at radius 1 is 1.00 bits per heavy atom. The van der Waals surface area contributed by atoms with E-state index < -0.39 is 0 Å². The van der Waals surface area contributed by atoms with Crippen molar-refractivity contribution < 1.29 is 9.59 Å². The first kappa shape index (κ1) is 26.6. The highest BCUT2D eigenvalue weighted by molar-refractivity contribution is 5.96. The second-order valence-electron chi connectivity index (χ2n) is 10.5. The van der Waals surface area contributed by atoms with Gasteiger partial charge in [0.2, 0.25) is 5.91 Å². The zero-order chi connectivity index (χ0) is 26.4. The molecule has 0 fully saturated rings. The van der Waals surface area contributed by atoms with E-state index in [4.69, 9.17) is 0 Å². The Kier molecular flexibility index (Phi) is 8.77. The van der Waals surface area contributed by atoms with Gasteiger partial charge in [0.1, 0.15) is 5.82 Å². The second kappa shape index (κ2) is 12.2. The number of hydrogen-bond donors (Lipinski definition) is 0. The molecular weight excluding hydrogens is 462 g/mol. The molecule has 2 aromatic carbocycles. The highest BCUT2D eigenvalue weighted by atomic mass is 16.2. The lowest BCUT2D eigenvalue weighted by molar-refractivity contribution is -0.119. The third kappa shape index (κ3) is 6.86. The third-order valence-corrected chi connectivity index (χ3v) is 6.94. The predicted molar refractivity (Wildman–Crippen MR) is 148 cm³/mol. The van der Waals surface area contributed by atoms with Crippen LogP contribution in [0.5, 0.6) is 0 Å². The summed E-state index contributed by atoms with van der Waals surface area (Å²) < 4.78 is 2.07. The summed E-state index contributed by atoms with van der Waals surface area (Å²) in [6.45, 7) is 10.2. The van der Waals surface area contributed by atoms with Crippen LogP contribution in [0.3, 0.4) is 0 Å². The number of likely N-dealkylation sites (N-methyl/N-ethyl adjacent to an activating group) is 1. The number of benzene rings is 2. The van der Waals surface area contributed by atoms with Crippen molar-refractivity contribution >= 4 is 17.5 Å². The molecule has 0 unspecified atom stereocenters. The summed E-state index contributed by atoms with van der Waals surface area (Å²) in [4.78, 5) is 37.5. The van der Waals surface area contributed by atoms with Crippen LogP contribution in [0.15, 0.2) is 60.9 Å². The summed E-state index contributed by atoms with van der Waals surface area (Å²) in [5.74, 6) is 1.38. The third-order valence-electron chi connectivity index (χ3n) is 6.94. The van der Waals surface area contributed by atoms with E-state index in [-0.39, 0.29) is 17.7 Å². The number of anilines is 1. The molecule has 7 heteroatoms. The minimum absolute atomic E-state index is 0.00621. The lowest BCUT2D eigenvalue weighted by atomic mass is 10.1. The zero-order valence-corrected chi connectivity index (χ0v) is 22.6. The molecule has 2 heterocycles. The molecule has 0 saturated carbocycles. The van der Waals surface area contributed by atoms with Crippen molar-refractivity contribution in [3.63, 3.8) is 0 Å². The summed E-state index contributed by atoms with van der Waals surface area (Å²) in [6, 6.07) is 15.9. The Morgan fingerprint density at radius 2 is 1.81 bits per heavy atom. The highest BCUT2D eigenvalue weighted by Crippen LogP contribution is 2.25. The minimum Gasteiger partial charge on any atom is -0.333 e. The standard InChI is InChI=1S/C30H39N5O2/c1-23(2)19-29(36)35-15-8-14-32(4)17-18-34(22-27-10-5-6-12-28(27)35)30(37)26-11-7-9-25(20-26)21-33-16-13-31-24(33)3/h5-7,9-13,16,20,23H,8,14-15,17-19,21-22H2,1-4H3. The van der Waals surface area contributed by atoms with Gasteiger partial charge in [0.15, 0.2) is 0 Å². The summed E-state index contributed by atoms with van der Waals surface area (Å²) in [6.07, 6.45) is 5.15. The van der Waals surface area contributed by atoms with Gasteiger partial charge in [-0.1, -0.05) is 44.2 Å². The number of fused-ring (bicyclic) bond motifs is 1. The lowest BCUT2D eigenvalue weighted by Gasteiger charge is -2.28. The van der Waals surface area contributed by atoms with E-state index in [1.807, 2.05) is 71.5 Å². The van der Waals surface area contributed by atoms with Crippen molar-refractivity contribution in [3.8, 4) is 0 Å². The van der Waals surface area contributed by atoms with Gasteiger partial charge in [-0.3, -0.25) is 9.59 Å². The summed E-state index contributed by atoms with van der Waals surface area (Å²) in [5, 5.41) is 0. The monoisotopic (exact) mass is 501 g/mol. The van der Waals surface area contributed by atoms with Gasteiger partial charge in [0, 0.05) is 62.8 Å². The van der Waals surface area contributed by atoms with Crippen molar-refractivity contribution in [3.05, 3.63) is 83.4 Å². The summed E-state index contributed by atoms with van der Waals surface area (Å²) in [5.41, 5.74) is 3.66. The maximum Gasteiger partial charge on any atom is 0.254 e. The first-order valence-corrected chi connectivity index (χ1v) is 13.2. The lowest BCUT2D eigenvalue weighted by Crippen LogP contribution is -2.37. The number of carbonyl (C=O) groups is 2. The van der Waals surface area contributed by atoms with Crippen molar-refractivity contribution in [2.75, 3.05) is 38.1 Å². The first-order chi connectivity index (χ1) is 17.8. The van der Waals surface area contributed by atoms with Gasteiger partial charge in [-0.2, -0.15) is 0 Å². The molecule has 0 aliphatic carbocycles. The van der Waals surface area contributed by atoms with Crippen LogP contribution >= 0.6 is 0 Å². The number of aromatic nitrogens is 2. The summed E-state index contributed by atoms with van der Waals surface area (Å²) >= 11 is 0. The van der Waals surface area contributed by atoms with Crippen molar-refractivity contribution in [1.29, 1.82) is 0 Å². The van der Waals surface area contributed by atoms with E-state index in [1.165, 1.54) is 0 Å². The van der Waals surface area contributed by atoms with E-state index in [1.54, 1.807) is 6.20 Å². The summed E-state index contributed by atoms with van der Waals surface area (Å²) in [7, 11) is 2.09. The van der Waals surface area contributed by atoms with Gasteiger partial charge in [-0.05, 0) is 62.2 Å². The molecule has 0 radical (unpaired) electrons. The highest BCUT2D eigenvalue weighted by Gasteiger charge is 2.24. The molecule has 0 N–H and O–H groups in total. The van der Waals surface area contributed by atoms with Gasteiger partial charge in [0.25, 0.3) is 5.91 Å². The topological polar surface area (TPSA) is 61.7 Å². The molecule has 4 rings (SSSR count). The fourth-order valence-corrected chi connectivity index (χ4v) is 4.86. The van der Waals surface area contributed by atoms with Crippen LogP contribution < -0.4 is 4.90 Å². The number of hydrogen-bond acceptors (Lipinski definition) is 4. The first-order valence-electron chi connectivity index (χ1n) is 13.2. The molecule has 0 bridgehead atoms. The number of rotatable bonds is 5. The van der Waals surface area contributed by atoms with Crippen molar-refractivity contribution in [1.82, 2.24) is 19.4 Å². The van der Waals surface area contributed by atoms with Crippen LogP contribution in [0.1, 0.15) is 54.0 Å². The fourth-order valence-electron chi connectivity index (χ4n) is 4.86. The average molecular weight is 502 g/mol.